The van der Waals surface area contributed by atoms with Crippen LogP contribution in [-0.4, -0.2) is 12.6 Å². The molecule has 172 valence electrons. The third kappa shape index (κ3) is 13.9. The minimum atomic E-state index is -0.0414. The zero-order valence-corrected chi connectivity index (χ0v) is 20.7. The molecule has 0 rings (SSSR count). The molecule has 0 aliphatic carbocycles. The van der Waals surface area contributed by atoms with E-state index in [4.69, 9.17) is 4.74 Å². The van der Waals surface area contributed by atoms with Gasteiger partial charge < -0.3 is 4.74 Å². The Hall–Kier alpha value is -0.790. The number of hydrogen-bond acceptors (Lipinski definition) is 2. The molecule has 0 aliphatic rings. The van der Waals surface area contributed by atoms with Gasteiger partial charge in [-0.3, -0.25) is 0 Å². The first-order chi connectivity index (χ1) is 14.1. The van der Waals surface area contributed by atoms with E-state index in [1.807, 2.05) is 0 Å². The lowest BCUT2D eigenvalue weighted by Gasteiger charge is -2.19. The first-order valence-electron chi connectivity index (χ1n) is 12.9. The lowest BCUT2D eigenvalue weighted by Crippen LogP contribution is -2.17. The van der Waals surface area contributed by atoms with E-state index in [0.717, 1.165) is 31.3 Å². The quantitative estimate of drug-likeness (QED) is 0.157. The number of ether oxygens (including phenoxy) is 1. The van der Waals surface area contributed by atoms with Gasteiger partial charge in [-0.2, -0.15) is 0 Å². The molecule has 0 bridgehead atoms. The molecule has 0 heterocycles. The van der Waals surface area contributed by atoms with Crippen molar-refractivity contribution in [2.75, 3.05) is 6.61 Å². The summed E-state index contributed by atoms with van der Waals surface area (Å²) in [6.45, 7) is 14.1. The van der Waals surface area contributed by atoms with Crippen LogP contribution in [0.15, 0.2) is 11.6 Å². The molecule has 29 heavy (non-hydrogen) atoms. The molecule has 0 aromatic rings. The van der Waals surface area contributed by atoms with Crippen LogP contribution in [0.5, 0.6) is 0 Å². The van der Waals surface area contributed by atoms with Crippen LogP contribution in [0.25, 0.3) is 0 Å². The van der Waals surface area contributed by atoms with Gasteiger partial charge in [-0.25, -0.2) is 4.79 Å². The molecule has 2 heteroatoms. The standard InChI is InChI=1S/C27H52O2/c1-7-13-16-23(10-4)19-20-26(21-24(11-5)17-14-8-2)27(28)29-22-25(12-6)18-15-9-3/h20,23-25H,7-19,21-22H2,1-6H3. The summed E-state index contributed by atoms with van der Waals surface area (Å²) in [4.78, 5) is 13.0. The fraction of sp³-hybridized carbons (Fsp3) is 0.889. The van der Waals surface area contributed by atoms with E-state index in [2.05, 4.69) is 47.6 Å². The van der Waals surface area contributed by atoms with Gasteiger partial charge in [0.15, 0.2) is 0 Å². The van der Waals surface area contributed by atoms with Crippen molar-refractivity contribution in [3.63, 3.8) is 0 Å². The molecule has 3 unspecified atom stereocenters. The predicted molar refractivity (Wildman–Crippen MR) is 128 cm³/mol. The summed E-state index contributed by atoms with van der Waals surface area (Å²) in [5.74, 6) is 1.77. The van der Waals surface area contributed by atoms with E-state index in [1.54, 1.807) is 0 Å². The Bertz CT molecular complexity index is 413. The van der Waals surface area contributed by atoms with E-state index in [0.29, 0.717) is 24.4 Å². The second-order valence-electron chi connectivity index (χ2n) is 9.02. The van der Waals surface area contributed by atoms with Crippen LogP contribution in [0.2, 0.25) is 0 Å². The average Bonchev–Trinajstić information content (AvgIpc) is 2.75. The van der Waals surface area contributed by atoms with E-state index >= 15 is 0 Å². The number of rotatable bonds is 19. The van der Waals surface area contributed by atoms with E-state index in [-0.39, 0.29) is 5.97 Å². The molecule has 0 aromatic carbocycles. The minimum Gasteiger partial charge on any atom is -0.462 e. The molecule has 3 atom stereocenters. The van der Waals surface area contributed by atoms with E-state index in [1.165, 1.54) is 64.2 Å². The highest BCUT2D eigenvalue weighted by Crippen LogP contribution is 2.25. The fourth-order valence-electron chi connectivity index (χ4n) is 3.98. The van der Waals surface area contributed by atoms with Crippen LogP contribution in [0, 0.1) is 17.8 Å². The van der Waals surface area contributed by atoms with Crippen LogP contribution < -0.4 is 0 Å². The zero-order valence-electron chi connectivity index (χ0n) is 20.7. The Morgan fingerprint density at radius 2 is 1.21 bits per heavy atom. The highest BCUT2D eigenvalue weighted by Gasteiger charge is 2.19. The summed E-state index contributed by atoms with van der Waals surface area (Å²) in [5.41, 5.74) is 0.952. The SMILES string of the molecule is CCCCC(CC)CC=C(CC(CC)CCCC)C(=O)OCC(CC)CCCC. The van der Waals surface area contributed by atoms with Crippen LogP contribution in [0.3, 0.4) is 0 Å². The predicted octanol–water partition coefficient (Wildman–Crippen LogP) is 8.89. The lowest BCUT2D eigenvalue weighted by molar-refractivity contribution is -0.140. The van der Waals surface area contributed by atoms with Crippen molar-refractivity contribution in [1.29, 1.82) is 0 Å². The Balaban J connectivity index is 5.06. The van der Waals surface area contributed by atoms with E-state index in [9.17, 15) is 4.79 Å². The Morgan fingerprint density at radius 1 is 0.724 bits per heavy atom. The smallest absolute Gasteiger partial charge is 0.333 e. The molecule has 0 aliphatic heterocycles. The first kappa shape index (κ1) is 28.2. The second-order valence-corrected chi connectivity index (χ2v) is 9.02. The number of carbonyl (C=O) groups is 1. The van der Waals surface area contributed by atoms with Crippen molar-refractivity contribution in [2.45, 2.75) is 131 Å². The van der Waals surface area contributed by atoms with Crippen LogP contribution in [0.1, 0.15) is 131 Å². The topological polar surface area (TPSA) is 26.3 Å². The molecule has 0 N–H and O–H groups in total. The van der Waals surface area contributed by atoms with Gasteiger partial charge in [0.2, 0.25) is 0 Å². The monoisotopic (exact) mass is 408 g/mol. The summed E-state index contributed by atoms with van der Waals surface area (Å²) in [6, 6.07) is 0. The van der Waals surface area contributed by atoms with Crippen molar-refractivity contribution in [3.8, 4) is 0 Å². The normalized spacial score (nSPS) is 15.2. The Kier molecular flexibility index (Phi) is 18.7. The molecule has 0 aromatic heterocycles. The fourth-order valence-corrected chi connectivity index (χ4v) is 3.98. The highest BCUT2D eigenvalue weighted by atomic mass is 16.5. The van der Waals surface area contributed by atoms with Gasteiger partial charge >= 0.3 is 5.97 Å². The van der Waals surface area contributed by atoms with Crippen LogP contribution in [0.4, 0.5) is 0 Å². The van der Waals surface area contributed by atoms with Gasteiger partial charge in [0.25, 0.3) is 0 Å². The number of allylic oxidation sites excluding steroid dienone is 1. The number of unbranched alkanes of at least 4 members (excludes halogenated alkanes) is 3. The summed E-state index contributed by atoms with van der Waals surface area (Å²) >= 11 is 0. The first-order valence-corrected chi connectivity index (χ1v) is 12.9. The van der Waals surface area contributed by atoms with Crippen molar-refractivity contribution < 1.29 is 9.53 Å². The van der Waals surface area contributed by atoms with Gasteiger partial charge in [0, 0.05) is 5.57 Å². The molecule has 0 spiro atoms. The summed E-state index contributed by atoms with van der Waals surface area (Å²) < 4.78 is 5.84. The van der Waals surface area contributed by atoms with Crippen molar-refractivity contribution in [3.05, 3.63) is 11.6 Å². The molecule has 0 amide bonds. The maximum absolute atomic E-state index is 13.0. The number of hydrogen-bond donors (Lipinski definition) is 0. The largest absolute Gasteiger partial charge is 0.462 e. The summed E-state index contributed by atoms with van der Waals surface area (Å²) in [7, 11) is 0. The van der Waals surface area contributed by atoms with Gasteiger partial charge in [-0.05, 0) is 37.0 Å². The zero-order chi connectivity index (χ0) is 21.9. The molecule has 2 nitrogen and oxygen atoms in total. The van der Waals surface area contributed by atoms with Crippen molar-refractivity contribution in [1.82, 2.24) is 0 Å². The van der Waals surface area contributed by atoms with Gasteiger partial charge in [-0.1, -0.05) is 118 Å². The van der Waals surface area contributed by atoms with Crippen LogP contribution >= 0.6 is 0 Å². The maximum Gasteiger partial charge on any atom is 0.333 e. The van der Waals surface area contributed by atoms with Gasteiger partial charge in [0.1, 0.15) is 0 Å². The molecule has 0 saturated heterocycles. The average molecular weight is 409 g/mol. The van der Waals surface area contributed by atoms with Crippen molar-refractivity contribution in [2.24, 2.45) is 17.8 Å². The minimum absolute atomic E-state index is 0.0414. The third-order valence-electron chi connectivity index (χ3n) is 6.55. The molecule has 0 fully saturated rings. The lowest BCUT2D eigenvalue weighted by atomic mass is 9.89. The van der Waals surface area contributed by atoms with Gasteiger partial charge in [-0.15, -0.1) is 0 Å². The van der Waals surface area contributed by atoms with Crippen molar-refractivity contribution >= 4 is 5.97 Å². The Morgan fingerprint density at radius 3 is 1.69 bits per heavy atom. The number of carbonyl (C=O) groups excluding carboxylic acids is 1. The van der Waals surface area contributed by atoms with Crippen LogP contribution in [-0.2, 0) is 9.53 Å². The molecular formula is C27H52O2. The highest BCUT2D eigenvalue weighted by molar-refractivity contribution is 5.88. The Labute approximate surface area is 183 Å². The molecule has 0 saturated carbocycles. The number of esters is 1. The molecular weight excluding hydrogens is 356 g/mol. The maximum atomic E-state index is 13.0. The van der Waals surface area contributed by atoms with Gasteiger partial charge in [0.05, 0.1) is 6.61 Å². The third-order valence-corrected chi connectivity index (χ3v) is 6.55. The summed E-state index contributed by atoms with van der Waals surface area (Å²) in [5, 5.41) is 0. The second kappa shape index (κ2) is 19.2. The summed E-state index contributed by atoms with van der Waals surface area (Å²) in [6.07, 6.45) is 18.7. The van der Waals surface area contributed by atoms with E-state index < -0.39 is 0 Å². The molecule has 0 radical (unpaired) electrons.